The summed E-state index contributed by atoms with van der Waals surface area (Å²) in [5.41, 5.74) is 7.26. The van der Waals surface area contributed by atoms with Gasteiger partial charge in [0.05, 0.1) is 11.7 Å². The highest BCUT2D eigenvalue weighted by atomic mass is 16.1. The number of aromatic amines is 1. The molecule has 0 saturated heterocycles. The van der Waals surface area contributed by atoms with Crippen molar-refractivity contribution in [1.82, 2.24) is 10.2 Å². The van der Waals surface area contributed by atoms with Gasteiger partial charge in [0.25, 0.3) is 0 Å². The molecule has 2 rings (SSSR count). The molecule has 1 aromatic carbocycles. The van der Waals surface area contributed by atoms with Gasteiger partial charge in [0.15, 0.2) is 0 Å². The third-order valence-electron chi connectivity index (χ3n) is 2.23. The van der Waals surface area contributed by atoms with E-state index in [0.29, 0.717) is 6.42 Å². The molecule has 0 aliphatic carbocycles. The smallest absolute Gasteiger partial charge is 0.225 e. The maximum absolute atomic E-state index is 11.5. The summed E-state index contributed by atoms with van der Waals surface area (Å²) in [5.74, 6) is -0.0714. The summed E-state index contributed by atoms with van der Waals surface area (Å²) >= 11 is 0. The molecule has 1 amide bonds. The van der Waals surface area contributed by atoms with E-state index in [1.165, 1.54) is 0 Å². The molecule has 0 radical (unpaired) electrons. The second-order valence-corrected chi connectivity index (χ2v) is 3.90. The number of benzene rings is 1. The SMILES string of the molecule is CC(N)CC(=O)Nc1ccc2[nH]ncc2c1. The summed E-state index contributed by atoms with van der Waals surface area (Å²) < 4.78 is 0. The van der Waals surface area contributed by atoms with Crippen LogP contribution in [0.2, 0.25) is 0 Å². The third kappa shape index (κ3) is 2.38. The van der Waals surface area contributed by atoms with Crippen LogP contribution in [0.5, 0.6) is 0 Å². The van der Waals surface area contributed by atoms with Crippen molar-refractivity contribution in [1.29, 1.82) is 0 Å². The number of hydrogen-bond donors (Lipinski definition) is 3. The second kappa shape index (κ2) is 4.32. The number of fused-ring (bicyclic) bond motifs is 1. The van der Waals surface area contributed by atoms with Crippen LogP contribution in [-0.4, -0.2) is 22.1 Å². The fourth-order valence-corrected chi connectivity index (χ4v) is 1.52. The summed E-state index contributed by atoms with van der Waals surface area (Å²) in [6.07, 6.45) is 2.04. The molecule has 16 heavy (non-hydrogen) atoms. The van der Waals surface area contributed by atoms with Gasteiger partial charge >= 0.3 is 0 Å². The maximum Gasteiger partial charge on any atom is 0.225 e. The number of hydrogen-bond acceptors (Lipinski definition) is 3. The molecular formula is C11H14N4O. The molecule has 0 saturated carbocycles. The molecule has 1 heterocycles. The van der Waals surface area contributed by atoms with Gasteiger partial charge in [0.1, 0.15) is 0 Å². The van der Waals surface area contributed by atoms with Gasteiger partial charge in [-0.25, -0.2) is 0 Å². The van der Waals surface area contributed by atoms with E-state index in [0.717, 1.165) is 16.6 Å². The van der Waals surface area contributed by atoms with Crippen LogP contribution in [0.25, 0.3) is 10.9 Å². The molecular weight excluding hydrogens is 204 g/mol. The van der Waals surface area contributed by atoms with Gasteiger partial charge < -0.3 is 11.1 Å². The molecule has 1 unspecified atom stereocenters. The van der Waals surface area contributed by atoms with Crippen LogP contribution < -0.4 is 11.1 Å². The Bertz CT molecular complexity index is 503. The number of H-pyrrole nitrogens is 1. The first kappa shape index (κ1) is 10.6. The number of aromatic nitrogens is 2. The highest BCUT2D eigenvalue weighted by Crippen LogP contribution is 2.16. The van der Waals surface area contributed by atoms with Crippen molar-refractivity contribution in [3.63, 3.8) is 0 Å². The average molecular weight is 218 g/mol. The molecule has 1 aromatic heterocycles. The molecule has 0 aliphatic heterocycles. The van der Waals surface area contributed by atoms with Crippen molar-refractivity contribution in [3.05, 3.63) is 24.4 Å². The lowest BCUT2D eigenvalue weighted by Gasteiger charge is -2.06. The average Bonchev–Trinajstić information content (AvgIpc) is 2.63. The van der Waals surface area contributed by atoms with E-state index in [1.807, 2.05) is 18.2 Å². The first-order chi connectivity index (χ1) is 7.65. The fraction of sp³-hybridized carbons (Fsp3) is 0.273. The van der Waals surface area contributed by atoms with Crippen molar-refractivity contribution < 1.29 is 4.79 Å². The number of nitrogens with zero attached hydrogens (tertiary/aromatic N) is 1. The van der Waals surface area contributed by atoms with Gasteiger partial charge in [-0.3, -0.25) is 9.89 Å². The minimum absolute atomic E-state index is 0.0714. The lowest BCUT2D eigenvalue weighted by molar-refractivity contribution is -0.116. The number of anilines is 1. The zero-order valence-corrected chi connectivity index (χ0v) is 9.03. The Morgan fingerprint density at radius 3 is 3.19 bits per heavy atom. The van der Waals surface area contributed by atoms with Gasteiger partial charge in [-0.1, -0.05) is 0 Å². The topological polar surface area (TPSA) is 83.8 Å². The largest absolute Gasteiger partial charge is 0.327 e. The molecule has 0 bridgehead atoms. The summed E-state index contributed by atoms with van der Waals surface area (Å²) in [4.78, 5) is 11.5. The van der Waals surface area contributed by atoms with E-state index in [9.17, 15) is 4.79 Å². The first-order valence-corrected chi connectivity index (χ1v) is 5.14. The Balaban J connectivity index is 2.11. The maximum atomic E-state index is 11.5. The van der Waals surface area contributed by atoms with Crippen LogP contribution >= 0.6 is 0 Å². The Kier molecular flexibility index (Phi) is 2.87. The molecule has 0 aliphatic rings. The standard InChI is InChI=1S/C11H14N4O/c1-7(12)4-11(16)14-9-2-3-10-8(5-9)6-13-15-10/h2-3,5-7H,4,12H2,1H3,(H,13,15)(H,14,16). The molecule has 1 atom stereocenters. The van der Waals surface area contributed by atoms with Crippen LogP contribution in [-0.2, 0) is 4.79 Å². The molecule has 5 nitrogen and oxygen atoms in total. The van der Waals surface area contributed by atoms with Gasteiger partial charge in [0, 0.05) is 23.5 Å². The van der Waals surface area contributed by atoms with Crippen molar-refractivity contribution in [2.45, 2.75) is 19.4 Å². The van der Waals surface area contributed by atoms with Crippen molar-refractivity contribution in [2.24, 2.45) is 5.73 Å². The van der Waals surface area contributed by atoms with E-state index in [-0.39, 0.29) is 11.9 Å². The van der Waals surface area contributed by atoms with Gasteiger partial charge in [0.2, 0.25) is 5.91 Å². The summed E-state index contributed by atoms with van der Waals surface area (Å²) in [5, 5.41) is 10.5. The minimum atomic E-state index is -0.127. The predicted octanol–water partition coefficient (Wildman–Crippen LogP) is 1.24. The number of amides is 1. The van der Waals surface area contributed by atoms with Gasteiger partial charge in [-0.05, 0) is 25.1 Å². The number of nitrogens with one attached hydrogen (secondary N) is 2. The lowest BCUT2D eigenvalue weighted by atomic mass is 10.2. The highest BCUT2D eigenvalue weighted by molar-refractivity contribution is 5.93. The Hall–Kier alpha value is -1.88. The molecule has 2 aromatic rings. The minimum Gasteiger partial charge on any atom is -0.327 e. The Morgan fingerprint density at radius 2 is 2.44 bits per heavy atom. The zero-order valence-electron chi connectivity index (χ0n) is 9.03. The normalized spacial score (nSPS) is 12.6. The quantitative estimate of drug-likeness (QED) is 0.724. The fourth-order valence-electron chi connectivity index (χ4n) is 1.52. The van der Waals surface area contributed by atoms with E-state index in [2.05, 4.69) is 15.5 Å². The van der Waals surface area contributed by atoms with Crippen molar-refractivity contribution >= 4 is 22.5 Å². The molecule has 5 heteroatoms. The molecule has 0 fully saturated rings. The summed E-state index contributed by atoms with van der Waals surface area (Å²) in [6.45, 7) is 1.80. The number of rotatable bonds is 3. The van der Waals surface area contributed by atoms with Crippen molar-refractivity contribution in [2.75, 3.05) is 5.32 Å². The third-order valence-corrected chi connectivity index (χ3v) is 2.23. The Labute approximate surface area is 93.0 Å². The monoisotopic (exact) mass is 218 g/mol. The number of nitrogens with two attached hydrogens (primary N) is 1. The van der Waals surface area contributed by atoms with Crippen LogP contribution in [0.4, 0.5) is 5.69 Å². The Morgan fingerprint density at radius 1 is 1.62 bits per heavy atom. The van der Waals surface area contributed by atoms with Gasteiger partial charge in [-0.2, -0.15) is 5.10 Å². The summed E-state index contributed by atoms with van der Waals surface area (Å²) in [7, 11) is 0. The molecule has 84 valence electrons. The van der Waals surface area contributed by atoms with E-state index >= 15 is 0 Å². The predicted molar refractivity (Wildman–Crippen MR) is 63.0 cm³/mol. The van der Waals surface area contributed by atoms with Crippen LogP contribution in [0.15, 0.2) is 24.4 Å². The van der Waals surface area contributed by atoms with Gasteiger partial charge in [-0.15, -0.1) is 0 Å². The number of carbonyl (C=O) groups is 1. The summed E-state index contributed by atoms with van der Waals surface area (Å²) in [6, 6.07) is 5.46. The highest BCUT2D eigenvalue weighted by Gasteiger charge is 2.06. The van der Waals surface area contributed by atoms with Crippen LogP contribution in [0.1, 0.15) is 13.3 Å². The van der Waals surface area contributed by atoms with Crippen LogP contribution in [0.3, 0.4) is 0 Å². The first-order valence-electron chi connectivity index (χ1n) is 5.14. The zero-order chi connectivity index (χ0) is 11.5. The molecule has 0 spiro atoms. The van der Waals surface area contributed by atoms with E-state index in [1.54, 1.807) is 13.1 Å². The van der Waals surface area contributed by atoms with Crippen LogP contribution in [0, 0.1) is 0 Å². The molecule has 4 N–H and O–H groups in total. The second-order valence-electron chi connectivity index (χ2n) is 3.90. The van der Waals surface area contributed by atoms with E-state index < -0.39 is 0 Å². The van der Waals surface area contributed by atoms with E-state index in [4.69, 9.17) is 5.73 Å². The lowest BCUT2D eigenvalue weighted by Crippen LogP contribution is -2.23. The number of carbonyl (C=O) groups excluding carboxylic acids is 1. The van der Waals surface area contributed by atoms with Crippen molar-refractivity contribution in [3.8, 4) is 0 Å².